The van der Waals surface area contributed by atoms with E-state index in [1.54, 1.807) is 24.5 Å². The topological polar surface area (TPSA) is 80.9 Å². The van der Waals surface area contributed by atoms with Crippen LogP contribution in [0.3, 0.4) is 0 Å². The maximum Gasteiger partial charge on any atom is 0.251 e. The molecule has 1 aromatic carbocycles. The lowest BCUT2D eigenvalue weighted by Crippen LogP contribution is -2.22. The Hall–Kier alpha value is -2.08. The maximum atomic E-state index is 11.7. The molecule has 104 valence electrons. The van der Waals surface area contributed by atoms with E-state index >= 15 is 0 Å². The van der Waals surface area contributed by atoms with E-state index in [0.717, 1.165) is 10.5 Å². The summed E-state index contributed by atoms with van der Waals surface area (Å²) in [6.45, 7) is 4.40. The van der Waals surface area contributed by atoms with E-state index in [0.29, 0.717) is 23.0 Å². The zero-order chi connectivity index (χ0) is 14.5. The Kier molecular flexibility index (Phi) is 4.57. The number of aryl methyl sites for hydroxylation is 1. The predicted molar refractivity (Wildman–Crippen MR) is 79.8 cm³/mol. The van der Waals surface area contributed by atoms with Crippen LogP contribution in [-0.4, -0.2) is 22.4 Å². The number of hydrogen-bond acceptors (Lipinski definition) is 5. The van der Waals surface area contributed by atoms with Crippen LogP contribution in [0.15, 0.2) is 40.6 Å². The molecule has 0 aliphatic rings. The van der Waals surface area contributed by atoms with E-state index in [-0.39, 0.29) is 5.91 Å². The summed E-state index contributed by atoms with van der Waals surface area (Å²) in [5.41, 5.74) is 8.08. The first-order valence-corrected chi connectivity index (χ1v) is 7.06. The molecule has 1 aromatic heterocycles. The largest absolute Gasteiger partial charge is 0.398 e. The summed E-state index contributed by atoms with van der Waals surface area (Å²) in [4.78, 5) is 21.0. The number of benzene rings is 1. The molecular formula is C14H16N4OS. The van der Waals surface area contributed by atoms with Gasteiger partial charge in [0, 0.05) is 35.1 Å². The van der Waals surface area contributed by atoms with E-state index < -0.39 is 0 Å². The van der Waals surface area contributed by atoms with Crippen LogP contribution in [0.5, 0.6) is 0 Å². The van der Waals surface area contributed by atoms with Gasteiger partial charge in [0.1, 0.15) is 0 Å². The molecule has 0 radical (unpaired) electrons. The second kappa shape index (κ2) is 6.38. The second-order valence-electron chi connectivity index (χ2n) is 4.26. The SMILES string of the molecule is CCNC(=O)c1ccc(Sc2ncc(C)cn2)c(N)c1. The van der Waals surface area contributed by atoms with E-state index in [2.05, 4.69) is 15.3 Å². The highest BCUT2D eigenvalue weighted by Crippen LogP contribution is 2.30. The Morgan fingerprint density at radius 3 is 2.65 bits per heavy atom. The lowest BCUT2D eigenvalue weighted by molar-refractivity contribution is 0.0956. The molecule has 5 nitrogen and oxygen atoms in total. The number of nitrogens with zero attached hydrogens (tertiary/aromatic N) is 2. The molecule has 0 atom stereocenters. The molecule has 1 amide bonds. The number of rotatable bonds is 4. The van der Waals surface area contributed by atoms with Crippen molar-refractivity contribution in [2.45, 2.75) is 23.9 Å². The fourth-order valence-corrected chi connectivity index (χ4v) is 2.30. The second-order valence-corrected chi connectivity index (χ2v) is 5.27. The van der Waals surface area contributed by atoms with Crippen molar-refractivity contribution in [3.8, 4) is 0 Å². The third-order valence-corrected chi connectivity index (χ3v) is 3.55. The van der Waals surface area contributed by atoms with Gasteiger partial charge in [-0.3, -0.25) is 4.79 Å². The van der Waals surface area contributed by atoms with E-state index in [4.69, 9.17) is 5.73 Å². The maximum absolute atomic E-state index is 11.7. The molecule has 3 N–H and O–H groups in total. The molecule has 0 bridgehead atoms. The summed E-state index contributed by atoms with van der Waals surface area (Å²) in [6.07, 6.45) is 3.52. The number of nitrogens with two attached hydrogens (primary N) is 1. The van der Waals surface area contributed by atoms with E-state index in [1.807, 2.05) is 19.9 Å². The molecule has 0 fully saturated rings. The Morgan fingerprint density at radius 2 is 2.05 bits per heavy atom. The normalized spacial score (nSPS) is 10.3. The van der Waals surface area contributed by atoms with Crippen molar-refractivity contribution in [2.75, 3.05) is 12.3 Å². The van der Waals surface area contributed by atoms with Crippen molar-refractivity contribution in [1.82, 2.24) is 15.3 Å². The smallest absolute Gasteiger partial charge is 0.251 e. The van der Waals surface area contributed by atoms with Crippen LogP contribution in [0.25, 0.3) is 0 Å². The van der Waals surface area contributed by atoms with Gasteiger partial charge < -0.3 is 11.1 Å². The number of amides is 1. The minimum Gasteiger partial charge on any atom is -0.398 e. The Balaban J connectivity index is 2.17. The molecule has 6 heteroatoms. The van der Waals surface area contributed by atoms with Crippen LogP contribution >= 0.6 is 11.8 Å². The van der Waals surface area contributed by atoms with Crippen molar-refractivity contribution >= 4 is 23.4 Å². The Labute approximate surface area is 122 Å². The summed E-state index contributed by atoms with van der Waals surface area (Å²) in [6, 6.07) is 5.23. The van der Waals surface area contributed by atoms with Gasteiger partial charge in [-0.05, 0) is 49.4 Å². The summed E-state index contributed by atoms with van der Waals surface area (Å²) in [5.74, 6) is -0.123. The number of hydrogen-bond donors (Lipinski definition) is 2. The number of nitrogen functional groups attached to an aromatic ring is 1. The van der Waals surface area contributed by atoms with Crippen molar-refractivity contribution in [3.63, 3.8) is 0 Å². The predicted octanol–water partition coefficient (Wildman–Crippen LogP) is 2.27. The molecular weight excluding hydrogens is 272 g/mol. The zero-order valence-electron chi connectivity index (χ0n) is 11.4. The molecule has 0 aliphatic heterocycles. The van der Waals surface area contributed by atoms with E-state index in [9.17, 15) is 4.79 Å². The number of nitrogens with one attached hydrogen (secondary N) is 1. The van der Waals surface area contributed by atoms with Crippen LogP contribution in [0.4, 0.5) is 5.69 Å². The summed E-state index contributed by atoms with van der Waals surface area (Å²) < 4.78 is 0. The standard InChI is InChI=1S/C14H16N4OS/c1-3-16-13(19)10-4-5-12(11(15)6-10)20-14-17-7-9(2)8-18-14/h4-8H,3,15H2,1-2H3,(H,16,19). The lowest BCUT2D eigenvalue weighted by atomic mass is 10.2. The number of anilines is 1. The van der Waals surface area contributed by atoms with Gasteiger partial charge in [0.15, 0.2) is 5.16 Å². The zero-order valence-corrected chi connectivity index (χ0v) is 12.2. The molecule has 2 rings (SSSR count). The Bertz CT molecular complexity index is 613. The quantitative estimate of drug-likeness (QED) is 0.666. The van der Waals surface area contributed by atoms with Gasteiger partial charge in [-0.15, -0.1) is 0 Å². The molecule has 0 unspecified atom stereocenters. The van der Waals surface area contributed by atoms with Gasteiger partial charge in [0.25, 0.3) is 5.91 Å². The van der Waals surface area contributed by atoms with Crippen LogP contribution < -0.4 is 11.1 Å². The van der Waals surface area contributed by atoms with Gasteiger partial charge in [-0.1, -0.05) is 0 Å². The minimum absolute atomic E-state index is 0.123. The monoisotopic (exact) mass is 288 g/mol. The minimum atomic E-state index is -0.123. The van der Waals surface area contributed by atoms with Crippen LogP contribution in [0, 0.1) is 6.92 Å². The number of aromatic nitrogens is 2. The van der Waals surface area contributed by atoms with Gasteiger partial charge in [0.2, 0.25) is 0 Å². The van der Waals surface area contributed by atoms with Crippen molar-refractivity contribution in [3.05, 3.63) is 41.7 Å². The van der Waals surface area contributed by atoms with Gasteiger partial charge >= 0.3 is 0 Å². The van der Waals surface area contributed by atoms with E-state index in [1.165, 1.54) is 11.8 Å². The van der Waals surface area contributed by atoms with Crippen LogP contribution in [0.2, 0.25) is 0 Å². The molecule has 2 aromatic rings. The number of carbonyl (C=O) groups excluding carboxylic acids is 1. The van der Waals surface area contributed by atoms with Gasteiger partial charge in [-0.25, -0.2) is 9.97 Å². The number of carbonyl (C=O) groups is 1. The lowest BCUT2D eigenvalue weighted by Gasteiger charge is -2.07. The highest BCUT2D eigenvalue weighted by molar-refractivity contribution is 7.99. The van der Waals surface area contributed by atoms with Crippen molar-refractivity contribution in [2.24, 2.45) is 0 Å². The summed E-state index contributed by atoms with van der Waals surface area (Å²) in [5, 5.41) is 3.37. The average molecular weight is 288 g/mol. The van der Waals surface area contributed by atoms with Crippen LogP contribution in [0.1, 0.15) is 22.8 Å². The Morgan fingerprint density at radius 1 is 1.35 bits per heavy atom. The van der Waals surface area contributed by atoms with Gasteiger partial charge in [-0.2, -0.15) is 0 Å². The molecule has 20 heavy (non-hydrogen) atoms. The first-order chi connectivity index (χ1) is 9.60. The summed E-state index contributed by atoms with van der Waals surface area (Å²) in [7, 11) is 0. The molecule has 1 heterocycles. The molecule has 0 spiro atoms. The fraction of sp³-hybridized carbons (Fsp3) is 0.214. The highest BCUT2D eigenvalue weighted by atomic mass is 32.2. The van der Waals surface area contributed by atoms with Gasteiger partial charge in [0.05, 0.1) is 0 Å². The average Bonchev–Trinajstić information content (AvgIpc) is 2.43. The fourth-order valence-electron chi connectivity index (χ4n) is 1.58. The summed E-state index contributed by atoms with van der Waals surface area (Å²) >= 11 is 1.38. The highest BCUT2D eigenvalue weighted by Gasteiger charge is 2.09. The molecule has 0 aliphatic carbocycles. The van der Waals surface area contributed by atoms with Crippen LogP contribution in [-0.2, 0) is 0 Å². The first kappa shape index (κ1) is 14.3. The van der Waals surface area contributed by atoms with Crippen molar-refractivity contribution in [1.29, 1.82) is 0 Å². The third-order valence-electron chi connectivity index (χ3n) is 2.57. The van der Waals surface area contributed by atoms with Crippen molar-refractivity contribution < 1.29 is 4.79 Å². The first-order valence-electron chi connectivity index (χ1n) is 6.24. The third kappa shape index (κ3) is 3.48. The molecule has 0 saturated carbocycles. The molecule has 0 saturated heterocycles.